The molecule has 16 heavy (non-hydrogen) atoms. The van der Waals surface area contributed by atoms with Gasteiger partial charge >= 0.3 is 86.7 Å². The van der Waals surface area contributed by atoms with Crippen LogP contribution in [0.15, 0.2) is 30.3 Å². The van der Waals surface area contributed by atoms with Gasteiger partial charge in [0.25, 0.3) is 0 Å². The summed E-state index contributed by atoms with van der Waals surface area (Å²) >= 11 is -1.86. The summed E-state index contributed by atoms with van der Waals surface area (Å²) in [5, 5.41) is 0. The van der Waals surface area contributed by atoms with Crippen molar-refractivity contribution in [3.63, 3.8) is 0 Å². The van der Waals surface area contributed by atoms with Crippen LogP contribution in [0.25, 0.3) is 6.08 Å². The van der Waals surface area contributed by atoms with Crippen LogP contribution in [0.5, 0.6) is 0 Å². The standard InChI is InChI=1S/C9H7.2CH3.3ClH.H2P.Zr/c1-2-5-9-7-3-6-8(9)4-1;;;;;;;/h1-7H;2*1H3;3*1H;1H2;/q;;;;;;-1;+1. The number of halogens is 3. The van der Waals surface area contributed by atoms with Crippen molar-refractivity contribution in [1.82, 2.24) is 0 Å². The monoisotopic (exact) mass is 376 g/mol. The Kier molecular flexibility index (Phi) is 9.19. The fraction of sp³-hybridized carbons (Fsp3) is 0.273. The summed E-state index contributed by atoms with van der Waals surface area (Å²) in [7, 11) is 0. The summed E-state index contributed by atoms with van der Waals surface area (Å²) in [5.41, 5.74) is 2.98. The molecule has 1 aromatic rings. The van der Waals surface area contributed by atoms with Gasteiger partial charge in [0.05, 0.1) is 0 Å². The van der Waals surface area contributed by atoms with E-state index in [0.717, 1.165) is 3.63 Å². The van der Waals surface area contributed by atoms with E-state index in [1.165, 1.54) is 5.56 Å². The van der Waals surface area contributed by atoms with Crippen molar-refractivity contribution in [2.24, 2.45) is 0 Å². The van der Waals surface area contributed by atoms with Gasteiger partial charge in [-0.25, -0.2) is 0 Å². The molecule has 0 bridgehead atoms. The van der Waals surface area contributed by atoms with E-state index in [9.17, 15) is 0 Å². The first kappa shape index (κ1) is 19.5. The molecule has 2 atom stereocenters. The van der Waals surface area contributed by atoms with E-state index in [2.05, 4.69) is 52.2 Å². The predicted octanol–water partition coefficient (Wildman–Crippen LogP) is 5.06. The molecule has 0 amide bonds. The first-order valence-corrected chi connectivity index (χ1v) is 15.8. The molecule has 1 aliphatic carbocycles. The Morgan fingerprint density at radius 1 is 1.06 bits per heavy atom. The number of hydrogen-bond donors (Lipinski definition) is 0. The number of fused-ring (bicyclic) bond motifs is 1. The molecule has 0 aromatic heterocycles. The zero-order valence-electron chi connectivity index (χ0n) is 9.34. The molecule has 0 spiro atoms. The first-order valence-electron chi connectivity index (χ1n) is 4.65. The predicted molar refractivity (Wildman–Crippen MR) is 81.4 cm³/mol. The van der Waals surface area contributed by atoms with E-state index in [0.29, 0.717) is 0 Å². The molecule has 0 nitrogen and oxygen atoms in total. The van der Waals surface area contributed by atoms with Crippen molar-refractivity contribution in [3.8, 4) is 0 Å². The van der Waals surface area contributed by atoms with Crippen LogP contribution in [0, 0.1) is 0 Å². The van der Waals surface area contributed by atoms with Crippen molar-refractivity contribution in [3.05, 3.63) is 41.5 Å². The van der Waals surface area contributed by atoms with Crippen molar-refractivity contribution in [2.45, 2.75) is 12.9 Å². The summed E-state index contributed by atoms with van der Waals surface area (Å²) in [6, 6.07) is 8.77. The van der Waals surface area contributed by atoms with Crippen molar-refractivity contribution < 1.29 is 19.7 Å². The molecule has 92 valence electrons. The van der Waals surface area contributed by atoms with E-state index in [1.807, 2.05) is 0 Å². The number of rotatable bonds is 1. The fourth-order valence-electron chi connectivity index (χ4n) is 1.90. The quantitative estimate of drug-likeness (QED) is 0.599. The minimum atomic E-state index is -1.86. The van der Waals surface area contributed by atoms with E-state index >= 15 is 0 Å². The van der Waals surface area contributed by atoms with Gasteiger partial charge < -0.3 is 0 Å². The number of hydrogen-bond acceptors (Lipinski definition) is 0. The number of allylic oxidation sites excluding steroid dienone is 1. The van der Waals surface area contributed by atoms with Crippen LogP contribution in [0.2, 0.25) is 9.26 Å². The minimum absolute atomic E-state index is 0. The first-order chi connectivity index (χ1) is 6.09. The van der Waals surface area contributed by atoms with Crippen LogP contribution in [0.1, 0.15) is 14.8 Å². The second-order valence-corrected chi connectivity index (χ2v) is 23.6. The van der Waals surface area contributed by atoms with Crippen LogP contribution in [0.3, 0.4) is 0 Å². The van der Waals surface area contributed by atoms with Gasteiger partial charge in [-0.2, -0.15) is 0 Å². The Bertz CT molecular complexity index is 360. The SMILES string of the molecule is Cl.Cl.Cl.[CH3][Zr]([CH3])([PH2])[CH]1C=Cc2ccccc21. The Balaban J connectivity index is 0. The third kappa shape index (κ3) is 4.11. The molecule has 0 saturated carbocycles. The van der Waals surface area contributed by atoms with Crippen LogP contribution in [0.4, 0.5) is 0 Å². The molecule has 0 fully saturated rings. The molecule has 0 aliphatic heterocycles. The molecule has 2 unspecified atom stereocenters. The normalized spacial score (nSPS) is 16.6. The molecular formula is C11H18Cl3PZr. The Labute approximate surface area is 123 Å². The molecule has 0 radical (unpaired) electrons. The Morgan fingerprint density at radius 3 is 2.19 bits per heavy atom. The molecule has 0 N–H and O–H groups in total. The van der Waals surface area contributed by atoms with Crippen molar-refractivity contribution in [2.75, 3.05) is 0 Å². The van der Waals surface area contributed by atoms with E-state index in [-0.39, 0.29) is 37.2 Å². The van der Waals surface area contributed by atoms with Gasteiger partial charge in [0, 0.05) is 0 Å². The molecule has 1 aliphatic rings. The van der Waals surface area contributed by atoms with Crippen LogP contribution < -0.4 is 0 Å². The topological polar surface area (TPSA) is 0 Å². The van der Waals surface area contributed by atoms with Crippen molar-refractivity contribution in [1.29, 1.82) is 0 Å². The summed E-state index contributed by atoms with van der Waals surface area (Å²) in [6.07, 6.45) is 4.68. The van der Waals surface area contributed by atoms with Gasteiger partial charge in [0.1, 0.15) is 0 Å². The molecule has 0 saturated heterocycles. The van der Waals surface area contributed by atoms with Crippen LogP contribution in [-0.2, 0) is 19.7 Å². The van der Waals surface area contributed by atoms with E-state index < -0.39 is 19.7 Å². The molecule has 0 heterocycles. The maximum absolute atomic E-state index is 3.14. The third-order valence-corrected chi connectivity index (χ3v) is 9.90. The zero-order chi connectivity index (χ0) is 9.47. The van der Waals surface area contributed by atoms with Gasteiger partial charge in [-0.15, -0.1) is 37.2 Å². The average Bonchev–Trinajstić information content (AvgIpc) is 2.45. The summed E-state index contributed by atoms with van der Waals surface area (Å²) in [4.78, 5) is 0. The summed E-state index contributed by atoms with van der Waals surface area (Å²) in [5.74, 6) is 0. The van der Waals surface area contributed by atoms with Gasteiger partial charge in [0.15, 0.2) is 0 Å². The molecule has 1 aromatic carbocycles. The summed E-state index contributed by atoms with van der Waals surface area (Å²) < 4.78 is 5.70. The Morgan fingerprint density at radius 2 is 1.62 bits per heavy atom. The van der Waals surface area contributed by atoms with Gasteiger partial charge in [0.2, 0.25) is 0 Å². The van der Waals surface area contributed by atoms with Crippen molar-refractivity contribution >= 4 is 49.8 Å². The van der Waals surface area contributed by atoms with E-state index in [1.54, 1.807) is 5.56 Å². The average molecular weight is 379 g/mol. The fourth-order valence-corrected chi connectivity index (χ4v) is 7.69. The maximum atomic E-state index is 3.14. The van der Waals surface area contributed by atoms with Gasteiger partial charge in [-0.3, -0.25) is 0 Å². The molecular weight excluding hydrogens is 361 g/mol. The van der Waals surface area contributed by atoms with Gasteiger partial charge in [-0.05, 0) is 0 Å². The van der Waals surface area contributed by atoms with Crippen LogP contribution in [-0.4, -0.2) is 0 Å². The molecule has 2 rings (SSSR count). The Hall–Kier alpha value is 1.14. The van der Waals surface area contributed by atoms with Crippen LogP contribution >= 0.6 is 43.8 Å². The van der Waals surface area contributed by atoms with Gasteiger partial charge in [-0.1, -0.05) is 0 Å². The number of benzene rings is 1. The molecule has 5 heteroatoms. The zero-order valence-corrected chi connectivity index (χ0v) is 15.4. The summed E-state index contributed by atoms with van der Waals surface area (Å²) in [6.45, 7) is 3.14. The second kappa shape index (κ2) is 7.55. The third-order valence-electron chi connectivity index (χ3n) is 2.60. The second-order valence-electron chi connectivity index (χ2n) is 4.29. The van der Waals surface area contributed by atoms with E-state index in [4.69, 9.17) is 0 Å².